The Bertz CT molecular complexity index is 553. The van der Waals surface area contributed by atoms with Gasteiger partial charge in [0.15, 0.2) is 0 Å². The number of carbonyl (C=O) groups is 1. The van der Waals surface area contributed by atoms with Gasteiger partial charge in [-0.1, -0.05) is 25.1 Å². The molecule has 3 nitrogen and oxygen atoms in total. The van der Waals surface area contributed by atoms with Crippen LogP contribution in [0.4, 0.5) is 13.2 Å². The standard InChI is InChI=1S/C18H24F3NO2/c1-12(15-5-3-4-6-16(15)18(19,20)21)13(2)22-17(23)11-14-7-9-24-10-8-14/h3-6,12-14H,7-11H2,1-2H3,(H,22,23)/t12-,13-/m1/s1. The molecule has 0 aromatic heterocycles. The Morgan fingerprint density at radius 1 is 1.25 bits per heavy atom. The number of benzene rings is 1. The summed E-state index contributed by atoms with van der Waals surface area (Å²) in [4.78, 5) is 12.2. The van der Waals surface area contributed by atoms with Crippen LogP contribution in [0.3, 0.4) is 0 Å². The minimum Gasteiger partial charge on any atom is -0.381 e. The van der Waals surface area contributed by atoms with Crippen LogP contribution in [0.1, 0.15) is 50.2 Å². The first-order chi connectivity index (χ1) is 11.3. The third kappa shape index (κ3) is 4.97. The molecule has 0 spiro atoms. The number of nitrogens with one attached hydrogen (secondary N) is 1. The van der Waals surface area contributed by atoms with Gasteiger partial charge in [0.25, 0.3) is 0 Å². The highest BCUT2D eigenvalue weighted by atomic mass is 19.4. The molecule has 1 fully saturated rings. The van der Waals surface area contributed by atoms with E-state index in [-0.39, 0.29) is 17.5 Å². The van der Waals surface area contributed by atoms with Gasteiger partial charge in [-0.3, -0.25) is 4.79 Å². The predicted molar refractivity (Wildman–Crippen MR) is 85.6 cm³/mol. The van der Waals surface area contributed by atoms with Crippen LogP contribution in [0.2, 0.25) is 0 Å². The number of amides is 1. The smallest absolute Gasteiger partial charge is 0.381 e. The highest BCUT2D eigenvalue weighted by molar-refractivity contribution is 5.76. The van der Waals surface area contributed by atoms with Crippen LogP contribution in [0.15, 0.2) is 24.3 Å². The summed E-state index contributed by atoms with van der Waals surface area (Å²) in [5.74, 6) is -0.240. The lowest BCUT2D eigenvalue weighted by Gasteiger charge is -2.26. The van der Waals surface area contributed by atoms with Crippen molar-refractivity contribution < 1.29 is 22.7 Å². The maximum atomic E-state index is 13.1. The van der Waals surface area contributed by atoms with Crippen molar-refractivity contribution in [3.8, 4) is 0 Å². The number of ether oxygens (including phenoxy) is 1. The van der Waals surface area contributed by atoms with Crippen LogP contribution in [0.25, 0.3) is 0 Å². The van der Waals surface area contributed by atoms with Crippen molar-refractivity contribution in [1.29, 1.82) is 0 Å². The van der Waals surface area contributed by atoms with E-state index in [0.717, 1.165) is 18.9 Å². The zero-order chi connectivity index (χ0) is 17.7. The molecular weight excluding hydrogens is 319 g/mol. The van der Waals surface area contributed by atoms with Crippen LogP contribution in [-0.2, 0) is 15.7 Å². The Morgan fingerprint density at radius 2 is 1.88 bits per heavy atom. The molecule has 2 atom stereocenters. The lowest BCUT2D eigenvalue weighted by molar-refractivity contribution is -0.138. The fraction of sp³-hybridized carbons (Fsp3) is 0.611. The minimum absolute atomic E-state index is 0.106. The molecule has 1 aromatic rings. The van der Waals surface area contributed by atoms with Gasteiger partial charge in [0.2, 0.25) is 5.91 Å². The Kier molecular flexibility index (Phi) is 6.27. The number of carbonyl (C=O) groups excluding carboxylic acids is 1. The second kappa shape index (κ2) is 8.01. The maximum Gasteiger partial charge on any atom is 0.416 e. The molecule has 134 valence electrons. The number of halogens is 3. The predicted octanol–water partition coefficient (Wildman–Crippen LogP) is 4.13. The van der Waals surface area contributed by atoms with E-state index in [1.165, 1.54) is 12.1 Å². The van der Waals surface area contributed by atoms with E-state index in [9.17, 15) is 18.0 Å². The van der Waals surface area contributed by atoms with E-state index in [4.69, 9.17) is 4.74 Å². The highest BCUT2D eigenvalue weighted by Crippen LogP contribution is 2.36. The van der Waals surface area contributed by atoms with Crippen LogP contribution < -0.4 is 5.32 Å². The third-order valence-electron chi connectivity index (χ3n) is 4.71. The molecular formula is C18H24F3NO2. The van der Waals surface area contributed by atoms with Gasteiger partial charge >= 0.3 is 6.18 Å². The molecule has 1 aliphatic rings. The normalized spacial score (nSPS) is 18.9. The van der Waals surface area contributed by atoms with Gasteiger partial charge in [-0.05, 0) is 37.3 Å². The molecule has 1 aromatic carbocycles. The van der Waals surface area contributed by atoms with E-state index in [2.05, 4.69) is 5.32 Å². The molecule has 6 heteroatoms. The lowest BCUT2D eigenvalue weighted by Crippen LogP contribution is -2.38. The molecule has 0 radical (unpaired) electrons. The first-order valence-corrected chi connectivity index (χ1v) is 8.32. The number of alkyl halides is 3. The zero-order valence-electron chi connectivity index (χ0n) is 14.0. The second-order valence-corrected chi connectivity index (χ2v) is 6.49. The van der Waals surface area contributed by atoms with Crippen molar-refractivity contribution >= 4 is 5.91 Å². The summed E-state index contributed by atoms with van der Waals surface area (Å²) in [7, 11) is 0. The van der Waals surface area contributed by atoms with Gasteiger partial charge in [0, 0.05) is 31.6 Å². The van der Waals surface area contributed by atoms with Crippen molar-refractivity contribution in [2.45, 2.75) is 51.2 Å². The van der Waals surface area contributed by atoms with Gasteiger partial charge in [-0.2, -0.15) is 13.2 Å². The van der Waals surface area contributed by atoms with E-state index < -0.39 is 17.7 Å². The van der Waals surface area contributed by atoms with Crippen molar-refractivity contribution in [2.24, 2.45) is 5.92 Å². The van der Waals surface area contributed by atoms with Crippen molar-refractivity contribution in [1.82, 2.24) is 5.32 Å². The highest BCUT2D eigenvalue weighted by Gasteiger charge is 2.35. The van der Waals surface area contributed by atoms with Gasteiger partial charge in [-0.25, -0.2) is 0 Å². The summed E-state index contributed by atoms with van der Waals surface area (Å²) in [5, 5.41) is 2.86. The summed E-state index contributed by atoms with van der Waals surface area (Å²) >= 11 is 0. The summed E-state index contributed by atoms with van der Waals surface area (Å²) in [6.45, 7) is 4.80. The molecule has 1 heterocycles. The van der Waals surface area contributed by atoms with Gasteiger partial charge in [0.1, 0.15) is 0 Å². The largest absolute Gasteiger partial charge is 0.416 e. The fourth-order valence-electron chi connectivity index (χ4n) is 3.07. The zero-order valence-corrected chi connectivity index (χ0v) is 14.0. The monoisotopic (exact) mass is 343 g/mol. The molecule has 1 N–H and O–H groups in total. The summed E-state index contributed by atoms with van der Waals surface area (Å²) in [6, 6.07) is 5.17. The van der Waals surface area contributed by atoms with Crippen LogP contribution in [-0.4, -0.2) is 25.2 Å². The molecule has 0 unspecified atom stereocenters. The molecule has 1 amide bonds. The van der Waals surface area contributed by atoms with E-state index in [0.29, 0.717) is 25.6 Å². The molecule has 0 saturated carbocycles. The van der Waals surface area contributed by atoms with Crippen molar-refractivity contribution in [3.63, 3.8) is 0 Å². The number of hydrogen-bond acceptors (Lipinski definition) is 2. The average molecular weight is 343 g/mol. The average Bonchev–Trinajstić information content (AvgIpc) is 2.54. The van der Waals surface area contributed by atoms with Gasteiger partial charge < -0.3 is 10.1 Å². The Hall–Kier alpha value is -1.56. The number of rotatable bonds is 5. The SMILES string of the molecule is C[C@@H](NC(=O)CC1CCOCC1)[C@@H](C)c1ccccc1C(F)(F)F. The summed E-state index contributed by atoms with van der Waals surface area (Å²) < 4.78 is 44.7. The van der Waals surface area contributed by atoms with E-state index in [1.54, 1.807) is 19.9 Å². The Labute approximate surface area is 140 Å². The lowest BCUT2D eigenvalue weighted by atomic mass is 9.89. The summed E-state index contributed by atoms with van der Waals surface area (Å²) in [5.41, 5.74) is -0.424. The minimum atomic E-state index is -4.39. The molecule has 1 aliphatic heterocycles. The topological polar surface area (TPSA) is 38.3 Å². The summed E-state index contributed by atoms with van der Waals surface area (Å²) in [6.07, 6.45) is -2.28. The first-order valence-electron chi connectivity index (χ1n) is 8.32. The van der Waals surface area contributed by atoms with E-state index in [1.807, 2.05) is 0 Å². The quantitative estimate of drug-likeness (QED) is 0.873. The second-order valence-electron chi connectivity index (χ2n) is 6.49. The maximum absolute atomic E-state index is 13.1. The van der Waals surface area contributed by atoms with Gasteiger partial charge in [0.05, 0.1) is 5.56 Å². The molecule has 2 rings (SSSR count). The number of hydrogen-bond donors (Lipinski definition) is 1. The molecule has 1 saturated heterocycles. The van der Waals surface area contributed by atoms with Crippen LogP contribution in [0.5, 0.6) is 0 Å². The van der Waals surface area contributed by atoms with Gasteiger partial charge in [-0.15, -0.1) is 0 Å². The van der Waals surface area contributed by atoms with Crippen LogP contribution in [0, 0.1) is 5.92 Å². The van der Waals surface area contributed by atoms with E-state index >= 15 is 0 Å². The Morgan fingerprint density at radius 3 is 2.50 bits per heavy atom. The van der Waals surface area contributed by atoms with Crippen molar-refractivity contribution in [3.05, 3.63) is 35.4 Å². The first kappa shape index (κ1) is 18.8. The fourth-order valence-corrected chi connectivity index (χ4v) is 3.07. The molecule has 24 heavy (non-hydrogen) atoms. The molecule has 0 aliphatic carbocycles. The van der Waals surface area contributed by atoms with Crippen LogP contribution >= 0.6 is 0 Å². The third-order valence-corrected chi connectivity index (χ3v) is 4.71. The van der Waals surface area contributed by atoms with Crippen molar-refractivity contribution in [2.75, 3.05) is 13.2 Å². The molecule has 0 bridgehead atoms. The Balaban J connectivity index is 1.99.